The molecule has 1 aliphatic heterocycles. The highest BCUT2D eigenvalue weighted by atomic mass is 32.1. The number of nitrogens with two attached hydrogens (primary N) is 1. The summed E-state index contributed by atoms with van der Waals surface area (Å²) in [5.41, 5.74) is 5.44. The van der Waals surface area contributed by atoms with Gasteiger partial charge in [-0.15, -0.1) is 0 Å². The van der Waals surface area contributed by atoms with E-state index in [4.69, 9.17) is 18.0 Å². The monoisotopic (exact) mass is 253 g/mol. The third-order valence-electron chi connectivity index (χ3n) is 2.85. The molecular weight excluding hydrogens is 238 g/mol. The van der Waals surface area contributed by atoms with E-state index in [1.165, 1.54) is 0 Å². The summed E-state index contributed by atoms with van der Waals surface area (Å²) in [6, 6.07) is 2.07. The van der Waals surface area contributed by atoms with Crippen molar-refractivity contribution in [3.63, 3.8) is 0 Å². The molecule has 0 aromatic carbocycles. The molecule has 7 heteroatoms. The van der Waals surface area contributed by atoms with Gasteiger partial charge in [0.05, 0.1) is 23.1 Å². The Morgan fingerprint density at radius 3 is 3.00 bits per heavy atom. The molecule has 1 atom stereocenters. The van der Waals surface area contributed by atoms with Crippen molar-refractivity contribution in [1.29, 1.82) is 0 Å². The van der Waals surface area contributed by atoms with Crippen LogP contribution >= 0.6 is 12.2 Å². The van der Waals surface area contributed by atoms with Gasteiger partial charge in [0.1, 0.15) is 5.82 Å². The highest BCUT2D eigenvalue weighted by Gasteiger charge is 2.23. The van der Waals surface area contributed by atoms with Crippen LogP contribution in [0.15, 0.2) is 12.3 Å². The fourth-order valence-electron chi connectivity index (χ4n) is 1.51. The van der Waals surface area contributed by atoms with E-state index in [2.05, 4.69) is 15.7 Å². The van der Waals surface area contributed by atoms with Crippen LogP contribution in [0.1, 0.15) is 13.0 Å². The SMILES string of the molecule is CC(C(=O)Nc1ccnn1C1CNC1)C(N)=S. The fourth-order valence-corrected chi connectivity index (χ4v) is 1.62. The van der Waals surface area contributed by atoms with Crippen LogP contribution in [0.2, 0.25) is 0 Å². The van der Waals surface area contributed by atoms with Crippen molar-refractivity contribution < 1.29 is 4.79 Å². The normalized spacial score (nSPS) is 17.2. The van der Waals surface area contributed by atoms with E-state index >= 15 is 0 Å². The standard InChI is InChI=1S/C10H15N5OS/c1-6(9(11)17)10(16)14-8-2-3-13-15(8)7-4-12-5-7/h2-3,6-7,12H,4-5H2,1H3,(H2,11,17)(H,14,16). The molecule has 0 radical (unpaired) electrons. The maximum absolute atomic E-state index is 11.8. The zero-order valence-electron chi connectivity index (χ0n) is 9.51. The summed E-state index contributed by atoms with van der Waals surface area (Å²) in [4.78, 5) is 12.0. The Hall–Kier alpha value is -1.47. The van der Waals surface area contributed by atoms with E-state index in [1.54, 1.807) is 23.9 Å². The van der Waals surface area contributed by atoms with Gasteiger partial charge in [0.15, 0.2) is 0 Å². The molecule has 17 heavy (non-hydrogen) atoms. The minimum atomic E-state index is -0.479. The molecule has 1 aliphatic rings. The molecule has 1 saturated heterocycles. The predicted octanol–water partition coefficient (Wildman–Crippen LogP) is -0.112. The second-order valence-electron chi connectivity index (χ2n) is 4.09. The first-order valence-electron chi connectivity index (χ1n) is 5.44. The zero-order valence-corrected chi connectivity index (χ0v) is 10.3. The molecule has 92 valence electrons. The summed E-state index contributed by atoms with van der Waals surface area (Å²) in [5.74, 6) is 0.00370. The van der Waals surface area contributed by atoms with Crippen molar-refractivity contribution in [1.82, 2.24) is 15.1 Å². The summed E-state index contributed by atoms with van der Waals surface area (Å²) < 4.78 is 1.81. The molecule has 1 unspecified atom stereocenters. The second kappa shape index (κ2) is 4.80. The van der Waals surface area contributed by atoms with Gasteiger partial charge in [-0.2, -0.15) is 5.10 Å². The number of thiocarbonyl (C=S) groups is 1. The predicted molar refractivity (Wildman–Crippen MR) is 68.7 cm³/mol. The minimum absolute atomic E-state index is 0.193. The van der Waals surface area contributed by atoms with E-state index in [9.17, 15) is 4.79 Å². The number of amides is 1. The molecule has 1 aromatic rings. The lowest BCUT2D eigenvalue weighted by Crippen LogP contribution is -2.44. The lowest BCUT2D eigenvalue weighted by Gasteiger charge is -2.28. The van der Waals surface area contributed by atoms with Crippen molar-refractivity contribution in [2.24, 2.45) is 11.7 Å². The van der Waals surface area contributed by atoms with Crippen molar-refractivity contribution in [2.75, 3.05) is 18.4 Å². The average Bonchev–Trinajstić information content (AvgIpc) is 2.62. The average molecular weight is 253 g/mol. The van der Waals surface area contributed by atoms with Crippen LogP contribution in [0.3, 0.4) is 0 Å². The van der Waals surface area contributed by atoms with Crippen molar-refractivity contribution >= 4 is 28.9 Å². The Kier molecular flexibility index (Phi) is 3.39. The van der Waals surface area contributed by atoms with Gasteiger partial charge in [-0.25, -0.2) is 4.68 Å². The number of rotatable bonds is 4. The maximum atomic E-state index is 11.8. The lowest BCUT2D eigenvalue weighted by atomic mass is 10.1. The number of carbonyl (C=O) groups excluding carboxylic acids is 1. The maximum Gasteiger partial charge on any atom is 0.235 e. The van der Waals surface area contributed by atoms with Crippen LogP contribution in [-0.2, 0) is 4.79 Å². The molecule has 6 nitrogen and oxygen atoms in total. The molecule has 0 spiro atoms. The van der Waals surface area contributed by atoms with Gasteiger partial charge in [-0.3, -0.25) is 4.79 Å². The summed E-state index contributed by atoms with van der Waals surface area (Å²) in [6.07, 6.45) is 1.67. The van der Waals surface area contributed by atoms with Crippen LogP contribution in [0.4, 0.5) is 5.82 Å². The van der Waals surface area contributed by atoms with Crippen LogP contribution in [0.5, 0.6) is 0 Å². The lowest BCUT2D eigenvalue weighted by molar-refractivity contribution is -0.117. The number of nitrogens with one attached hydrogen (secondary N) is 2. The number of aromatic nitrogens is 2. The van der Waals surface area contributed by atoms with E-state index < -0.39 is 5.92 Å². The summed E-state index contributed by atoms with van der Waals surface area (Å²) in [6.45, 7) is 3.42. The first-order chi connectivity index (χ1) is 8.09. The van der Waals surface area contributed by atoms with Crippen LogP contribution in [-0.4, -0.2) is 33.8 Å². The number of carbonyl (C=O) groups is 1. The van der Waals surface area contributed by atoms with Crippen LogP contribution < -0.4 is 16.4 Å². The van der Waals surface area contributed by atoms with Gasteiger partial charge in [0.2, 0.25) is 5.91 Å². The minimum Gasteiger partial charge on any atom is -0.393 e. The largest absolute Gasteiger partial charge is 0.393 e. The zero-order chi connectivity index (χ0) is 12.4. The smallest absolute Gasteiger partial charge is 0.235 e. The summed E-state index contributed by atoms with van der Waals surface area (Å²) in [7, 11) is 0. The molecule has 0 aliphatic carbocycles. The summed E-state index contributed by atoms with van der Waals surface area (Å²) >= 11 is 4.79. The molecule has 2 rings (SSSR count). The third kappa shape index (κ3) is 2.45. The highest BCUT2D eigenvalue weighted by Crippen LogP contribution is 2.17. The highest BCUT2D eigenvalue weighted by molar-refractivity contribution is 7.80. The Balaban J connectivity index is 2.05. The molecular formula is C10H15N5OS. The quantitative estimate of drug-likeness (QED) is 0.652. The Bertz CT molecular complexity index is 440. The first kappa shape index (κ1) is 12.0. The Labute approximate surface area is 105 Å². The van der Waals surface area contributed by atoms with E-state index in [0.717, 1.165) is 13.1 Å². The topological polar surface area (TPSA) is 85.0 Å². The van der Waals surface area contributed by atoms with E-state index in [1.807, 2.05) is 0 Å². The number of hydrogen-bond donors (Lipinski definition) is 3. The number of nitrogens with zero attached hydrogens (tertiary/aromatic N) is 2. The third-order valence-corrected chi connectivity index (χ3v) is 3.20. The number of anilines is 1. The Morgan fingerprint density at radius 1 is 1.76 bits per heavy atom. The van der Waals surface area contributed by atoms with Crippen LogP contribution in [0.25, 0.3) is 0 Å². The van der Waals surface area contributed by atoms with Crippen molar-refractivity contribution in [3.8, 4) is 0 Å². The molecule has 0 saturated carbocycles. The molecule has 1 amide bonds. The number of hydrogen-bond acceptors (Lipinski definition) is 4. The molecule has 4 N–H and O–H groups in total. The first-order valence-corrected chi connectivity index (χ1v) is 5.85. The van der Waals surface area contributed by atoms with Crippen molar-refractivity contribution in [3.05, 3.63) is 12.3 Å². The fraction of sp³-hybridized carbons (Fsp3) is 0.500. The molecule has 0 bridgehead atoms. The molecule has 1 fully saturated rings. The molecule has 1 aromatic heterocycles. The van der Waals surface area contributed by atoms with Gasteiger partial charge in [-0.05, 0) is 6.92 Å². The van der Waals surface area contributed by atoms with Crippen LogP contribution in [0, 0.1) is 5.92 Å². The van der Waals surface area contributed by atoms with E-state index in [-0.39, 0.29) is 10.9 Å². The summed E-state index contributed by atoms with van der Waals surface area (Å²) in [5, 5.41) is 10.1. The molecule has 2 heterocycles. The van der Waals surface area contributed by atoms with Gasteiger partial charge in [0, 0.05) is 19.2 Å². The Morgan fingerprint density at radius 2 is 2.47 bits per heavy atom. The van der Waals surface area contributed by atoms with Gasteiger partial charge < -0.3 is 16.4 Å². The van der Waals surface area contributed by atoms with Gasteiger partial charge >= 0.3 is 0 Å². The van der Waals surface area contributed by atoms with Crippen molar-refractivity contribution in [2.45, 2.75) is 13.0 Å². The van der Waals surface area contributed by atoms with Gasteiger partial charge in [-0.1, -0.05) is 12.2 Å². The van der Waals surface area contributed by atoms with E-state index in [0.29, 0.717) is 11.9 Å². The van der Waals surface area contributed by atoms with Gasteiger partial charge in [0.25, 0.3) is 0 Å². The second-order valence-corrected chi connectivity index (χ2v) is 4.56.